The van der Waals surface area contributed by atoms with Crippen molar-refractivity contribution in [1.29, 1.82) is 0 Å². The number of carbonyl (C=O) groups excluding carboxylic acids is 1. The maximum atomic E-state index is 12.7. The first-order valence-corrected chi connectivity index (χ1v) is 8.55. The maximum absolute atomic E-state index is 12.7. The third kappa shape index (κ3) is 2.07. The van der Waals surface area contributed by atoms with Gasteiger partial charge in [0.1, 0.15) is 5.58 Å². The van der Waals surface area contributed by atoms with Crippen LogP contribution in [0.2, 0.25) is 0 Å². The summed E-state index contributed by atoms with van der Waals surface area (Å²) in [6, 6.07) is 7.81. The molecule has 1 aromatic heterocycles. The zero-order chi connectivity index (χ0) is 15.3. The van der Waals surface area contributed by atoms with E-state index in [-0.39, 0.29) is 10.7 Å². The average molecular weight is 317 g/mol. The molecule has 0 N–H and O–H groups in total. The van der Waals surface area contributed by atoms with Crippen molar-refractivity contribution < 1.29 is 13.9 Å². The average Bonchev–Trinajstić information content (AvgIpc) is 3.08. The summed E-state index contributed by atoms with van der Waals surface area (Å²) in [5.41, 5.74) is 1.73. The third-order valence-electron chi connectivity index (χ3n) is 4.79. The van der Waals surface area contributed by atoms with Crippen molar-refractivity contribution >= 4 is 28.6 Å². The van der Waals surface area contributed by atoms with Crippen LogP contribution in [0.25, 0.3) is 11.0 Å². The molecule has 2 saturated heterocycles. The summed E-state index contributed by atoms with van der Waals surface area (Å²) < 4.78 is 11.4. The van der Waals surface area contributed by atoms with Crippen molar-refractivity contribution in [2.24, 2.45) is 0 Å². The van der Waals surface area contributed by atoms with Crippen LogP contribution in [0.1, 0.15) is 22.5 Å². The first-order chi connectivity index (χ1) is 10.6. The lowest BCUT2D eigenvalue weighted by atomic mass is 9.92. The zero-order valence-corrected chi connectivity index (χ0v) is 13.6. The van der Waals surface area contributed by atoms with E-state index in [1.807, 2.05) is 47.9 Å². The molecule has 0 bridgehead atoms. The first kappa shape index (κ1) is 14.2. The fourth-order valence-corrected chi connectivity index (χ4v) is 5.08. The number of hydrogen-bond donors (Lipinski definition) is 0. The molecule has 3 heterocycles. The van der Waals surface area contributed by atoms with Crippen LogP contribution in [0.5, 0.6) is 0 Å². The topological polar surface area (TPSA) is 42.7 Å². The second-order valence-electron chi connectivity index (χ2n) is 6.27. The molecule has 2 aliphatic heterocycles. The van der Waals surface area contributed by atoms with Gasteiger partial charge in [-0.1, -0.05) is 18.2 Å². The molecular weight excluding hydrogens is 298 g/mol. The van der Waals surface area contributed by atoms with Gasteiger partial charge in [0.05, 0.1) is 10.9 Å². The summed E-state index contributed by atoms with van der Waals surface area (Å²) in [7, 11) is 1.77. The van der Waals surface area contributed by atoms with Crippen molar-refractivity contribution in [3.63, 3.8) is 0 Å². The van der Waals surface area contributed by atoms with Crippen LogP contribution in [-0.2, 0) is 4.74 Å². The smallest absolute Gasteiger partial charge is 0.289 e. The molecule has 1 spiro atoms. The van der Waals surface area contributed by atoms with Gasteiger partial charge in [-0.2, -0.15) is 0 Å². The summed E-state index contributed by atoms with van der Waals surface area (Å²) in [5, 5.41) is 1.02. The van der Waals surface area contributed by atoms with Crippen molar-refractivity contribution in [2.75, 3.05) is 26.0 Å². The Hall–Kier alpha value is -1.46. The normalized spacial score (nSPS) is 23.2. The van der Waals surface area contributed by atoms with Crippen LogP contribution in [0, 0.1) is 6.92 Å². The fourth-order valence-electron chi connectivity index (χ4n) is 3.49. The van der Waals surface area contributed by atoms with Crippen molar-refractivity contribution in [3.05, 3.63) is 35.6 Å². The zero-order valence-electron chi connectivity index (χ0n) is 12.8. The van der Waals surface area contributed by atoms with E-state index in [4.69, 9.17) is 9.15 Å². The Morgan fingerprint density at radius 2 is 2.18 bits per heavy atom. The first-order valence-electron chi connectivity index (χ1n) is 7.56. The Kier molecular flexibility index (Phi) is 3.24. The Morgan fingerprint density at radius 1 is 1.41 bits per heavy atom. The lowest BCUT2D eigenvalue weighted by Crippen LogP contribution is -2.60. The number of carbonyl (C=O) groups is 1. The van der Waals surface area contributed by atoms with Crippen LogP contribution in [0.15, 0.2) is 28.7 Å². The summed E-state index contributed by atoms with van der Waals surface area (Å²) in [5.74, 6) is 1.53. The number of furan rings is 1. The molecule has 4 rings (SSSR count). The largest absolute Gasteiger partial charge is 0.451 e. The molecule has 5 heteroatoms. The quantitative estimate of drug-likeness (QED) is 0.853. The van der Waals surface area contributed by atoms with E-state index in [1.165, 1.54) is 0 Å². The van der Waals surface area contributed by atoms with E-state index in [9.17, 15) is 4.79 Å². The van der Waals surface area contributed by atoms with E-state index in [2.05, 4.69) is 0 Å². The number of para-hydroxylation sites is 1. The van der Waals surface area contributed by atoms with Crippen LogP contribution >= 0.6 is 11.8 Å². The molecule has 2 fully saturated rings. The standard InChI is InChI=1S/C17H19NO3S/c1-11-13-5-3-4-6-14(13)21-15(11)16(19)18-9-17(10-18)7-12(20-2)8-22-17/h3-6,12H,7-10H2,1-2H3/t12-/m1/s1. The number of nitrogens with zero attached hydrogens (tertiary/aromatic N) is 1. The van der Waals surface area contributed by atoms with E-state index in [0.717, 1.165) is 41.8 Å². The molecule has 1 atom stereocenters. The summed E-state index contributed by atoms with van der Waals surface area (Å²) in [4.78, 5) is 14.6. The number of benzene rings is 1. The molecule has 2 aromatic rings. The number of amides is 1. The second-order valence-corrected chi connectivity index (χ2v) is 7.76. The SMILES string of the molecule is CO[C@H]1CSC2(C1)CN(C(=O)c1oc3ccccc3c1C)C2. The van der Waals surface area contributed by atoms with Crippen LogP contribution in [0.3, 0.4) is 0 Å². The summed E-state index contributed by atoms with van der Waals surface area (Å²) in [6.07, 6.45) is 1.37. The molecule has 4 nitrogen and oxygen atoms in total. The highest BCUT2D eigenvalue weighted by atomic mass is 32.2. The van der Waals surface area contributed by atoms with E-state index >= 15 is 0 Å². The van der Waals surface area contributed by atoms with Gasteiger partial charge in [0.15, 0.2) is 5.76 Å². The van der Waals surface area contributed by atoms with Gasteiger partial charge < -0.3 is 14.1 Å². The molecule has 2 aliphatic rings. The Labute approximate surface area is 133 Å². The maximum Gasteiger partial charge on any atom is 0.289 e. The Morgan fingerprint density at radius 3 is 2.86 bits per heavy atom. The molecule has 1 amide bonds. The molecule has 22 heavy (non-hydrogen) atoms. The van der Waals surface area contributed by atoms with Gasteiger partial charge in [0, 0.05) is 36.9 Å². The van der Waals surface area contributed by atoms with Gasteiger partial charge in [-0.25, -0.2) is 0 Å². The van der Waals surface area contributed by atoms with Crippen molar-refractivity contribution in [3.8, 4) is 0 Å². The number of hydrogen-bond acceptors (Lipinski definition) is 4. The fraction of sp³-hybridized carbons (Fsp3) is 0.471. The minimum absolute atomic E-state index is 0.0146. The van der Waals surface area contributed by atoms with Gasteiger partial charge in [-0.15, -0.1) is 11.8 Å². The molecule has 0 unspecified atom stereocenters. The van der Waals surface area contributed by atoms with E-state index in [1.54, 1.807) is 7.11 Å². The van der Waals surface area contributed by atoms with Crippen molar-refractivity contribution in [1.82, 2.24) is 4.90 Å². The van der Waals surface area contributed by atoms with Gasteiger partial charge in [-0.3, -0.25) is 4.79 Å². The van der Waals surface area contributed by atoms with Gasteiger partial charge >= 0.3 is 0 Å². The molecule has 0 radical (unpaired) electrons. The predicted molar refractivity (Wildman–Crippen MR) is 87.5 cm³/mol. The molecule has 116 valence electrons. The van der Waals surface area contributed by atoms with Crippen LogP contribution in [-0.4, -0.2) is 47.6 Å². The number of likely N-dealkylation sites (tertiary alicyclic amines) is 1. The lowest BCUT2D eigenvalue weighted by molar-refractivity contribution is 0.0426. The van der Waals surface area contributed by atoms with Crippen LogP contribution in [0.4, 0.5) is 0 Å². The Balaban J connectivity index is 1.52. The number of fused-ring (bicyclic) bond motifs is 1. The van der Waals surface area contributed by atoms with Gasteiger partial charge in [0.25, 0.3) is 5.91 Å². The molecule has 0 saturated carbocycles. The molecule has 0 aliphatic carbocycles. The van der Waals surface area contributed by atoms with Gasteiger partial charge in [0.2, 0.25) is 0 Å². The number of methoxy groups -OCH3 is 1. The highest BCUT2D eigenvalue weighted by molar-refractivity contribution is 8.01. The third-order valence-corrected chi connectivity index (χ3v) is 6.37. The highest BCUT2D eigenvalue weighted by Crippen LogP contribution is 2.46. The number of aryl methyl sites for hydroxylation is 1. The van der Waals surface area contributed by atoms with Gasteiger partial charge in [-0.05, 0) is 19.4 Å². The van der Waals surface area contributed by atoms with Crippen LogP contribution < -0.4 is 0 Å². The second kappa shape index (κ2) is 5.03. The minimum Gasteiger partial charge on any atom is -0.451 e. The number of thioether (sulfide) groups is 1. The number of rotatable bonds is 2. The van der Waals surface area contributed by atoms with E-state index in [0.29, 0.717) is 11.9 Å². The summed E-state index contributed by atoms with van der Waals surface area (Å²) >= 11 is 1.94. The van der Waals surface area contributed by atoms with Crippen molar-refractivity contribution in [2.45, 2.75) is 24.2 Å². The lowest BCUT2D eigenvalue weighted by Gasteiger charge is -2.47. The predicted octanol–water partition coefficient (Wildman–Crippen LogP) is 3.09. The highest BCUT2D eigenvalue weighted by Gasteiger charge is 2.51. The molecular formula is C17H19NO3S. The number of ether oxygens (including phenoxy) is 1. The van der Waals surface area contributed by atoms with E-state index < -0.39 is 0 Å². The Bertz CT molecular complexity index is 733. The monoisotopic (exact) mass is 317 g/mol. The molecule has 1 aromatic carbocycles. The summed E-state index contributed by atoms with van der Waals surface area (Å²) in [6.45, 7) is 3.56. The minimum atomic E-state index is 0.0146.